The van der Waals surface area contributed by atoms with Crippen LogP contribution >= 0.6 is 0 Å². The van der Waals surface area contributed by atoms with Crippen LogP contribution in [-0.4, -0.2) is 26.4 Å². The van der Waals surface area contributed by atoms with E-state index in [9.17, 15) is 0 Å². The van der Waals surface area contributed by atoms with Gasteiger partial charge in [0.05, 0.1) is 18.6 Å². The fourth-order valence-electron chi connectivity index (χ4n) is 4.32. The Morgan fingerprint density at radius 2 is 1.04 bits per heavy atom. The normalized spacial score (nSPS) is 17.4. The molecule has 4 aromatic rings. The van der Waals surface area contributed by atoms with Crippen LogP contribution in [0, 0.1) is 5.41 Å². The Hall–Kier alpha value is -3.04. The zero-order valence-electron chi connectivity index (χ0n) is 15.5. The van der Waals surface area contributed by atoms with Crippen molar-refractivity contribution in [1.82, 2.24) is 0 Å². The summed E-state index contributed by atoms with van der Waals surface area (Å²) in [4.78, 5) is 0. The topological polar surface area (TPSA) is 27.7 Å². The molecule has 3 heteroatoms. The Kier molecular flexibility index (Phi) is 3.41. The van der Waals surface area contributed by atoms with E-state index in [1.165, 1.54) is 21.5 Å². The third-order valence-electron chi connectivity index (χ3n) is 5.92. The summed E-state index contributed by atoms with van der Waals surface area (Å²) >= 11 is 0. The second-order valence-electron chi connectivity index (χ2n) is 7.89. The van der Waals surface area contributed by atoms with Crippen LogP contribution in [0.5, 0.6) is 11.5 Å². The minimum atomic E-state index is -0.0732. The molecule has 1 spiro atoms. The summed E-state index contributed by atoms with van der Waals surface area (Å²) in [6.07, 6.45) is 0. The minimum Gasteiger partial charge on any atom is -0.492 e. The van der Waals surface area contributed by atoms with Crippen LogP contribution in [0.15, 0.2) is 72.8 Å². The van der Waals surface area contributed by atoms with Crippen molar-refractivity contribution in [2.24, 2.45) is 5.41 Å². The van der Waals surface area contributed by atoms with Gasteiger partial charge in [-0.15, -0.1) is 0 Å². The maximum absolute atomic E-state index is 6.42. The predicted octanol–water partition coefficient (Wildman–Crippen LogP) is 5.45. The minimum absolute atomic E-state index is 0.0732. The van der Waals surface area contributed by atoms with Crippen LogP contribution in [0.4, 0.5) is 0 Å². The summed E-state index contributed by atoms with van der Waals surface area (Å²) in [6.45, 7) is 2.56. The molecular weight excluding hydrogens is 348 g/mol. The molecule has 1 fully saturated rings. The van der Waals surface area contributed by atoms with E-state index in [2.05, 4.69) is 72.8 Å². The van der Waals surface area contributed by atoms with Crippen LogP contribution in [-0.2, 0) is 4.74 Å². The molecule has 0 radical (unpaired) electrons. The smallest absolute Gasteiger partial charge is 0.127 e. The Labute approximate surface area is 163 Å². The third-order valence-corrected chi connectivity index (χ3v) is 5.92. The molecule has 0 bridgehead atoms. The fraction of sp³-hybridized carbons (Fsp3) is 0.200. The van der Waals surface area contributed by atoms with E-state index in [-0.39, 0.29) is 5.41 Å². The van der Waals surface area contributed by atoms with E-state index >= 15 is 0 Å². The van der Waals surface area contributed by atoms with Gasteiger partial charge >= 0.3 is 0 Å². The summed E-state index contributed by atoms with van der Waals surface area (Å²) in [6, 6.07) is 25.4. The number of hydrogen-bond acceptors (Lipinski definition) is 3. The highest BCUT2D eigenvalue weighted by Gasteiger charge is 2.42. The van der Waals surface area contributed by atoms with Gasteiger partial charge in [-0.05, 0) is 33.7 Å². The first-order valence-corrected chi connectivity index (χ1v) is 9.70. The van der Waals surface area contributed by atoms with Gasteiger partial charge in [0.1, 0.15) is 24.7 Å². The first kappa shape index (κ1) is 16.0. The molecule has 2 aliphatic rings. The number of benzene rings is 4. The lowest BCUT2D eigenvalue weighted by atomic mass is 9.88. The van der Waals surface area contributed by atoms with Crippen LogP contribution < -0.4 is 9.47 Å². The van der Waals surface area contributed by atoms with E-state index in [1.54, 1.807) is 0 Å². The molecule has 6 rings (SSSR count). The largest absolute Gasteiger partial charge is 0.492 e. The highest BCUT2D eigenvalue weighted by atomic mass is 16.5. The molecule has 138 valence electrons. The average Bonchev–Trinajstić information content (AvgIpc) is 2.79. The first-order valence-electron chi connectivity index (χ1n) is 9.70. The Morgan fingerprint density at radius 3 is 1.50 bits per heavy atom. The van der Waals surface area contributed by atoms with E-state index in [1.807, 2.05) is 0 Å². The summed E-state index contributed by atoms with van der Waals surface area (Å²) in [7, 11) is 0. The van der Waals surface area contributed by atoms with Crippen molar-refractivity contribution >= 4 is 21.5 Å². The average molecular weight is 368 g/mol. The summed E-state index contributed by atoms with van der Waals surface area (Å²) in [5, 5.41) is 4.76. The molecular formula is C25H20O3. The van der Waals surface area contributed by atoms with Crippen molar-refractivity contribution in [2.75, 3.05) is 26.4 Å². The zero-order chi connectivity index (χ0) is 18.6. The van der Waals surface area contributed by atoms with Crippen molar-refractivity contribution in [3.63, 3.8) is 0 Å². The molecule has 0 atom stereocenters. The van der Waals surface area contributed by atoms with Crippen LogP contribution in [0.3, 0.4) is 0 Å². The Bertz CT molecular complexity index is 1120. The summed E-state index contributed by atoms with van der Waals surface area (Å²) < 4.78 is 18.3. The van der Waals surface area contributed by atoms with Crippen molar-refractivity contribution in [3.05, 3.63) is 72.8 Å². The molecule has 2 heterocycles. The van der Waals surface area contributed by atoms with E-state index in [4.69, 9.17) is 14.2 Å². The molecule has 2 aliphatic heterocycles. The van der Waals surface area contributed by atoms with Gasteiger partial charge in [0, 0.05) is 11.1 Å². The van der Waals surface area contributed by atoms with Crippen LogP contribution in [0.1, 0.15) is 0 Å². The van der Waals surface area contributed by atoms with Gasteiger partial charge in [-0.25, -0.2) is 0 Å². The number of hydrogen-bond donors (Lipinski definition) is 0. The fourth-order valence-corrected chi connectivity index (χ4v) is 4.32. The number of ether oxygens (including phenoxy) is 3. The quantitative estimate of drug-likeness (QED) is 0.413. The SMILES string of the molecule is c1ccc2c3c(ccc2c1)OCC1(COC1)COc1ccc2ccccc2c1-3. The van der Waals surface area contributed by atoms with E-state index < -0.39 is 0 Å². The van der Waals surface area contributed by atoms with Crippen molar-refractivity contribution < 1.29 is 14.2 Å². The van der Waals surface area contributed by atoms with Gasteiger partial charge in [0.25, 0.3) is 0 Å². The van der Waals surface area contributed by atoms with Gasteiger partial charge in [0.15, 0.2) is 0 Å². The molecule has 0 saturated carbocycles. The maximum Gasteiger partial charge on any atom is 0.127 e. The lowest BCUT2D eigenvalue weighted by molar-refractivity contribution is -0.148. The molecule has 0 aromatic heterocycles. The molecule has 0 amide bonds. The van der Waals surface area contributed by atoms with Crippen molar-refractivity contribution in [2.45, 2.75) is 0 Å². The zero-order valence-corrected chi connectivity index (χ0v) is 15.5. The second kappa shape index (κ2) is 5.98. The number of fused-ring (bicyclic) bond motifs is 7. The second-order valence-corrected chi connectivity index (χ2v) is 7.89. The van der Waals surface area contributed by atoms with Crippen molar-refractivity contribution in [3.8, 4) is 22.6 Å². The molecule has 3 nitrogen and oxygen atoms in total. The van der Waals surface area contributed by atoms with E-state index in [0.29, 0.717) is 26.4 Å². The molecule has 0 aliphatic carbocycles. The lowest BCUT2D eigenvalue weighted by Gasteiger charge is -2.40. The Morgan fingerprint density at radius 1 is 0.536 bits per heavy atom. The highest BCUT2D eigenvalue weighted by Crippen LogP contribution is 2.47. The van der Waals surface area contributed by atoms with Gasteiger partial charge in [-0.1, -0.05) is 60.7 Å². The van der Waals surface area contributed by atoms with Gasteiger partial charge in [-0.2, -0.15) is 0 Å². The molecule has 4 aromatic carbocycles. The third kappa shape index (κ3) is 2.33. The van der Waals surface area contributed by atoms with Crippen LogP contribution in [0.2, 0.25) is 0 Å². The van der Waals surface area contributed by atoms with Gasteiger partial charge < -0.3 is 14.2 Å². The lowest BCUT2D eigenvalue weighted by Crippen LogP contribution is -2.51. The number of rotatable bonds is 0. The standard InChI is InChI=1S/C25H20O3/c1-3-7-19-17(5-1)9-11-21-23(19)24-20-8-4-2-6-18(20)10-12-22(24)28-16-25(15-27-21)13-26-14-25/h1-12H,13-16H2. The molecule has 1 saturated heterocycles. The highest BCUT2D eigenvalue weighted by molar-refractivity contribution is 6.09. The van der Waals surface area contributed by atoms with E-state index in [0.717, 1.165) is 22.6 Å². The molecule has 28 heavy (non-hydrogen) atoms. The maximum atomic E-state index is 6.42. The first-order chi connectivity index (χ1) is 13.8. The van der Waals surface area contributed by atoms with Crippen LogP contribution in [0.25, 0.3) is 32.7 Å². The molecule has 0 unspecified atom stereocenters. The van der Waals surface area contributed by atoms with Crippen molar-refractivity contribution in [1.29, 1.82) is 0 Å². The van der Waals surface area contributed by atoms with Gasteiger partial charge in [-0.3, -0.25) is 0 Å². The summed E-state index contributed by atoms with van der Waals surface area (Å²) in [5.74, 6) is 1.82. The van der Waals surface area contributed by atoms with Gasteiger partial charge in [0.2, 0.25) is 0 Å². The summed E-state index contributed by atoms with van der Waals surface area (Å²) in [5.41, 5.74) is 2.15. The predicted molar refractivity (Wildman–Crippen MR) is 111 cm³/mol. The monoisotopic (exact) mass is 368 g/mol. The Balaban J connectivity index is 1.71. The molecule has 0 N–H and O–H groups in total.